The van der Waals surface area contributed by atoms with Gasteiger partial charge in [-0.25, -0.2) is 0 Å². The number of ether oxygens (including phenoxy) is 4. The van der Waals surface area contributed by atoms with E-state index >= 15 is 0 Å². The molecule has 2 aromatic rings. The zero-order chi connectivity index (χ0) is 26.5. The van der Waals surface area contributed by atoms with Crippen LogP contribution >= 0.6 is 0 Å². The van der Waals surface area contributed by atoms with Crippen molar-refractivity contribution in [3.63, 3.8) is 0 Å². The lowest BCUT2D eigenvalue weighted by atomic mass is 10.2. The van der Waals surface area contributed by atoms with Gasteiger partial charge in [-0.1, -0.05) is 18.9 Å². The van der Waals surface area contributed by atoms with E-state index in [1.807, 2.05) is 0 Å². The first-order valence-corrected chi connectivity index (χ1v) is 13.9. The number of nitrogens with one attached hydrogen (secondary N) is 2. The predicted octanol–water partition coefficient (Wildman–Crippen LogP) is 1.92. The van der Waals surface area contributed by atoms with Crippen molar-refractivity contribution in [2.45, 2.75) is 38.3 Å². The summed E-state index contributed by atoms with van der Waals surface area (Å²) in [4.78, 5) is 39.7. The standard InChI is InChI=1S/C26H29N3O8S/c30-24(27-18-3-1-2-4-18)12-29(11-17-5-7-20-22(9-17)36-15-34-20)26(32)14-38(33)13-25(31)28-19-6-8-21-23(10-19)37-16-35-21/h5-10,18H,1-4,11-16H2,(H,27,30)(H,28,31)/t38-/m1/s1. The quantitative estimate of drug-likeness (QED) is 0.465. The van der Waals surface area contributed by atoms with Crippen molar-refractivity contribution in [2.24, 2.45) is 0 Å². The van der Waals surface area contributed by atoms with Gasteiger partial charge in [-0.15, -0.1) is 0 Å². The molecule has 0 spiro atoms. The Kier molecular flexibility index (Phi) is 7.97. The van der Waals surface area contributed by atoms with Crippen molar-refractivity contribution >= 4 is 34.2 Å². The lowest BCUT2D eigenvalue weighted by Crippen LogP contribution is -2.44. The fraction of sp³-hybridized carbons (Fsp3) is 0.423. The number of carbonyl (C=O) groups excluding carboxylic acids is 3. The van der Waals surface area contributed by atoms with Crippen LogP contribution in [-0.2, 0) is 31.7 Å². The highest BCUT2D eigenvalue weighted by molar-refractivity contribution is 7.86. The first kappa shape index (κ1) is 25.8. The van der Waals surface area contributed by atoms with Crippen LogP contribution in [0.4, 0.5) is 5.69 Å². The Morgan fingerprint density at radius 2 is 1.50 bits per heavy atom. The van der Waals surface area contributed by atoms with Gasteiger partial charge in [0, 0.05) is 35.1 Å². The Hall–Kier alpha value is -3.80. The molecular weight excluding hydrogens is 514 g/mol. The van der Waals surface area contributed by atoms with E-state index in [-0.39, 0.29) is 44.4 Å². The molecule has 202 valence electrons. The molecule has 0 unspecified atom stereocenters. The number of anilines is 1. The van der Waals surface area contributed by atoms with Crippen molar-refractivity contribution < 1.29 is 37.5 Å². The first-order chi connectivity index (χ1) is 18.4. The maximum Gasteiger partial charge on any atom is 0.239 e. The lowest BCUT2D eigenvalue weighted by Gasteiger charge is -2.23. The summed E-state index contributed by atoms with van der Waals surface area (Å²) in [7, 11) is -1.79. The van der Waals surface area contributed by atoms with E-state index < -0.39 is 28.4 Å². The fourth-order valence-electron chi connectivity index (χ4n) is 4.61. The highest BCUT2D eigenvalue weighted by Gasteiger charge is 2.25. The van der Waals surface area contributed by atoms with Crippen LogP contribution in [-0.4, -0.2) is 64.5 Å². The molecule has 3 aliphatic rings. The molecule has 11 nitrogen and oxygen atoms in total. The Balaban J connectivity index is 1.19. The van der Waals surface area contributed by atoms with Gasteiger partial charge in [0.1, 0.15) is 11.5 Å². The van der Waals surface area contributed by atoms with Gasteiger partial charge < -0.3 is 34.5 Å². The normalized spacial score (nSPS) is 16.2. The summed E-state index contributed by atoms with van der Waals surface area (Å²) in [6.45, 7) is 0.178. The summed E-state index contributed by atoms with van der Waals surface area (Å²) in [5, 5.41) is 5.64. The van der Waals surface area contributed by atoms with Gasteiger partial charge >= 0.3 is 0 Å². The number of rotatable bonds is 10. The molecule has 12 heteroatoms. The Bertz CT molecular complexity index is 1250. The maximum absolute atomic E-state index is 13.2. The predicted molar refractivity (Wildman–Crippen MR) is 137 cm³/mol. The fourth-order valence-corrected chi connectivity index (χ4v) is 5.53. The van der Waals surface area contributed by atoms with Crippen LogP contribution in [0.3, 0.4) is 0 Å². The summed E-state index contributed by atoms with van der Waals surface area (Å²) < 4.78 is 34.0. The maximum atomic E-state index is 13.2. The second-order valence-corrected chi connectivity index (χ2v) is 10.8. The third kappa shape index (κ3) is 6.55. The number of nitrogens with zero attached hydrogens (tertiary/aromatic N) is 1. The van der Waals surface area contributed by atoms with Gasteiger partial charge in [0.05, 0.1) is 6.54 Å². The highest BCUT2D eigenvalue weighted by atomic mass is 32.2. The van der Waals surface area contributed by atoms with E-state index in [0.717, 1.165) is 31.2 Å². The molecular formula is C26H29N3O8S. The largest absolute Gasteiger partial charge is 0.454 e. The summed E-state index contributed by atoms with van der Waals surface area (Å²) >= 11 is 0. The summed E-state index contributed by atoms with van der Waals surface area (Å²) in [5.74, 6) is 0.245. The number of benzene rings is 2. The Morgan fingerprint density at radius 1 is 0.842 bits per heavy atom. The average Bonchev–Trinajstić information content (AvgIpc) is 3.65. The molecule has 0 radical (unpaired) electrons. The topological polar surface area (TPSA) is 133 Å². The van der Waals surface area contributed by atoms with Gasteiger partial charge in [0.2, 0.25) is 31.3 Å². The van der Waals surface area contributed by atoms with Gasteiger partial charge in [-0.2, -0.15) is 0 Å². The van der Waals surface area contributed by atoms with Gasteiger partial charge in [0.15, 0.2) is 23.0 Å². The molecule has 0 bridgehead atoms. The van der Waals surface area contributed by atoms with Crippen LogP contribution in [0.15, 0.2) is 36.4 Å². The van der Waals surface area contributed by atoms with Gasteiger partial charge in [-0.05, 0) is 42.7 Å². The minimum Gasteiger partial charge on any atom is -0.454 e. The second kappa shape index (κ2) is 11.7. The number of carbonyl (C=O) groups is 3. The van der Waals surface area contributed by atoms with E-state index in [4.69, 9.17) is 18.9 Å². The smallest absolute Gasteiger partial charge is 0.239 e. The van der Waals surface area contributed by atoms with Crippen molar-refractivity contribution in [1.82, 2.24) is 10.2 Å². The second-order valence-electron chi connectivity index (χ2n) is 9.33. The third-order valence-electron chi connectivity index (χ3n) is 6.45. The minimum atomic E-state index is -1.79. The van der Waals surface area contributed by atoms with Crippen LogP contribution in [0.2, 0.25) is 0 Å². The number of amides is 3. The minimum absolute atomic E-state index is 0.110. The van der Waals surface area contributed by atoms with Gasteiger partial charge in [0.25, 0.3) is 0 Å². The summed E-state index contributed by atoms with van der Waals surface area (Å²) in [5.41, 5.74) is 1.21. The van der Waals surface area contributed by atoms with Crippen LogP contribution in [0.25, 0.3) is 0 Å². The number of fused-ring (bicyclic) bond motifs is 2. The Morgan fingerprint density at radius 3 is 2.24 bits per heavy atom. The van der Waals surface area contributed by atoms with Crippen molar-refractivity contribution in [2.75, 3.05) is 37.0 Å². The number of hydrogen-bond donors (Lipinski definition) is 2. The zero-order valence-electron chi connectivity index (χ0n) is 20.7. The molecule has 0 saturated heterocycles. The van der Waals surface area contributed by atoms with E-state index in [1.165, 1.54) is 4.90 Å². The molecule has 0 aromatic heterocycles. The zero-order valence-corrected chi connectivity index (χ0v) is 21.6. The molecule has 1 fully saturated rings. The van der Waals surface area contributed by atoms with Crippen LogP contribution in [0, 0.1) is 0 Å². The van der Waals surface area contributed by atoms with Crippen molar-refractivity contribution in [3.8, 4) is 23.0 Å². The molecule has 2 aromatic carbocycles. The molecule has 1 atom stereocenters. The monoisotopic (exact) mass is 543 g/mol. The van der Waals surface area contributed by atoms with Crippen molar-refractivity contribution in [3.05, 3.63) is 42.0 Å². The summed E-state index contributed by atoms with van der Waals surface area (Å²) in [6, 6.07) is 10.3. The molecule has 2 aliphatic heterocycles. The molecule has 2 heterocycles. The van der Waals surface area contributed by atoms with Crippen molar-refractivity contribution in [1.29, 1.82) is 0 Å². The third-order valence-corrected chi connectivity index (χ3v) is 7.60. The molecule has 2 N–H and O–H groups in total. The van der Waals surface area contributed by atoms with E-state index in [9.17, 15) is 18.6 Å². The van der Waals surface area contributed by atoms with Crippen LogP contribution < -0.4 is 29.6 Å². The SMILES string of the molecule is O=C(C[S@@](=O)CC(=O)N(CC(=O)NC1CCCC1)Cc1ccc2c(c1)OCO2)Nc1ccc2c(c1)OCO2. The first-order valence-electron chi connectivity index (χ1n) is 12.4. The van der Waals surface area contributed by atoms with Crippen LogP contribution in [0.5, 0.6) is 23.0 Å². The highest BCUT2D eigenvalue weighted by Crippen LogP contribution is 2.34. The Labute approximate surface area is 222 Å². The van der Waals surface area contributed by atoms with Crippen LogP contribution in [0.1, 0.15) is 31.2 Å². The van der Waals surface area contributed by atoms with E-state index in [2.05, 4.69) is 10.6 Å². The average molecular weight is 544 g/mol. The van der Waals surface area contributed by atoms with E-state index in [0.29, 0.717) is 28.7 Å². The molecule has 1 aliphatic carbocycles. The molecule has 1 saturated carbocycles. The number of hydrogen-bond acceptors (Lipinski definition) is 8. The molecule has 3 amide bonds. The van der Waals surface area contributed by atoms with Gasteiger partial charge in [-0.3, -0.25) is 18.6 Å². The van der Waals surface area contributed by atoms with E-state index in [1.54, 1.807) is 36.4 Å². The molecule has 5 rings (SSSR count). The summed E-state index contributed by atoms with van der Waals surface area (Å²) in [6.07, 6.45) is 3.98. The lowest BCUT2D eigenvalue weighted by molar-refractivity contribution is -0.134. The molecule has 38 heavy (non-hydrogen) atoms.